The second-order valence-electron chi connectivity index (χ2n) is 4.08. The van der Waals surface area contributed by atoms with Crippen LogP contribution in [0.2, 0.25) is 0 Å². The summed E-state index contributed by atoms with van der Waals surface area (Å²) in [6, 6.07) is 0. The minimum atomic E-state index is -0.398. The van der Waals surface area contributed by atoms with E-state index in [0.717, 1.165) is 0 Å². The van der Waals surface area contributed by atoms with Crippen LogP contribution >= 0.6 is 15.9 Å². The van der Waals surface area contributed by atoms with Crippen molar-refractivity contribution in [3.8, 4) is 0 Å². The topological polar surface area (TPSA) is 57.5 Å². The molecule has 0 aliphatic carbocycles. The van der Waals surface area contributed by atoms with Crippen LogP contribution in [0.3, 0.4) is 0 Å². The molecular formula is C14H21BrO3. The largest absolute Gasteiger partial charge is 0.512 e. The lowest BCUT2D eigenvalue weighted by Crippen LogP contribution is -2.13. The van der Waals surface area contributed by atoms with Gasteiger partial charge in [-0.2, -0.15) is 0 Å². The van der Waals surface area contributed by atoms with E-state index in [2.05, 4.69) is 22.5 Å². The summed E-state index contributed by atoms with van der Waals surface area (Å²) < 4.78 is 0. The third-order valence-corrected chi connectivity index (χ3v) is 3.59. The second-order valence-corrected chi connectivity index (χ2v) is 4.73. The molecule has 0 aromatic heterocycles. The summed E-state index contributed by atoms with van der Waals surface area (Å²) in [6.45, 7) is 9.05. The average Bonchev–Trinajstić information content (AvgIpc) is 2.37. The Bertz CT molecular complexity index is 381. The molecule has 0 aromatic rings. The predicted molar refractivity (Wildman–Crippen MR) is 78.1 cm³/mol. The van der Waals surface area contributed by atoms with E-state index in [1.165, 1.54) is 6.08 Å². The van der Waals surface area contributed by atoms with Gasteiger partial charge >= 0.3 is 0 Å². The Morgan fingerprint density at radius 3 is 2.33 bits per heavy atom. The van der Waals surface area contributed by atoms with Crippen molar-refractivity contribution < 1.29 is 15.0 Å². The number of allylic oxidation sites excluding steroid dienone is 4. The van der Waals surface area contributed by atoms with Crippen molar-refractivity contribution in [2.75, 3.05) is 5.33 Å². The number of rotatable bonds is 7. The van der Waals surface area contributed by atoms with Crippen LogP contribution in [0.4, 0.5) is 0 Å². The van der Waals surface area contributed by atoms with Crippen molar-refractivity contribution in [2.24, 2.45) is 5.92 Å². The van der Waals surface area contributed by atoms with Gasteiger partial charge in [-0.3, -0.25) is 4.79 Å². The number of ketones is 1. The van der Waals surface area contributed by atoms with Gasteiger partial charge in [0.1, 0.15) is 11.5 Å². The Labute approximate surface area is 117 Å². The summed E-state index contributed by atoms with van der Waals surface area (Å²) in [4.78, 5) is 12.1. The van der Waals surface area contributed by atoms with Crippen molar-refractivity contribution >= 4 is 21.7 Å². The molecule has 0 amide bonds. The molecule has 0 radical (unpaired) electrons. The number of carbonyl (C=O) groups excluding carboxylic acids is 1. The van der Waals surface area contributed by atoms with Gasteiger partial charge in [-0.25, -0.2) is 0 Å². The Morgan fingerprint density at radius 2 is 1.94 bits per heavy atom. The number of halogens is 1. The fraction of sp³-hybridized carbons (Fsp3) is 0.500. The van der Waals surface area contributed by atoms with Crippen molar-refractivity contribution in [2.45, 2.75) is 33.6 Å². The van der Waals surface area contributed by atoms with Gasteiger partial charge in [-0.1, -0.05) is 43.3 Å². The highest BCUT2D eigenvalue weighted by Crippen LogP contribution is 2.22. The monoisotopic (exact) mass is 316 g/mol. The maximum absolute atomic E-state index is 12.1. The molecule has 1 atom stereocenters. The molecular weight excluding hydrogens is 296 g/mol. The van der Waals surface area contributed by atoms with E-state index in [1.54, 1.807) is 6.92 Å². The van der Waals surface area contributed by atoms with Crippen LogP contribution in [0.1, 0.15) is 33.6 Å². The molecule has 0 heterocycles. The van der Waals surface area contributed by atoms with Gasteiger partial charge in [0.25, 0.3) is 0 Å². The van der Waals surface area contributed by atoms with E-state index in [0.29, 0.717) is 23.7 Å². The number of alkyl halides is 1. The molecule has 0 fully saturated rings. The Balaban J connectivity index is 5.28. The maximum Gasteiger partial charge on any atom is 0.195 e. The van der Waals surface area contributed by atoms with E-state index >= 15 is 0 Å². The van der Waals surface area contributed by atoms with Gasteiger partial charge in [-0.15, -0.1) is 0 Å². The third-order valence-electron chi connectivity index (χ3n) is 2.62. The lowest BCUT2D eigenvalue weighted by Gasteiger charge is -2.13. The second kappa shape index (κ2) is 8.14. The molecule has 1 unspecified atom stereocenters. The number of aliphatic hydroxyl groups is 2. The number of carbonyl (C=O) groups is 1. The Hall–Kier alpha value is -1.03. The summed E-state index contributed by atoms with van der Waals surface area (Å²) >= 11 is 3.26. The molecule has 0 saturated carbocycles. The van der Waals surface area contributed by atoms with Crippen molar-refractivity contribution in [3.63, 3.8) is 0 Å². The van der Waals surface area contributed by atoms with Gasteiger partial charge in [0, 0.05) is 16.8 Å². The average molecular weight is 317 g/mol. The summed E-state index contributed by atoms with van der Waals surface area (Å²) in [5.74, 6) is -0.600. The summed E-state index contributed by atoms with van der Waals surface area (Å²) in [5, 5.41) is 20.2. The smallest absolute Gasteiger partial charge is 0.195 e. The molecule has 18 heavy (non-hydrogen) atoms. The SMILES string of the molecule is C=C(C(=O)/C(CC)=C(\O)C(C)CBr)/C(O)=C\CC. The van der Waals surface area contributed by atoms with Crippen LogP contribution in [0.15, 0.2) is 35.3 Å². The number of aliphatic hydroxyl groups excluding tert-OH is 2. The van der Waals surface area contributed by atoms with Gasteiger partial charge in [0.2, 0.25) is 0 Å². The van der Waals surface area contributed by atoms with Gasteiger partial charge in [-0.05, 0) is 18.9 Å². The van der Waals surface area contributed by atoms with Crippen LogP contribution in [0.5, 0.6) is 0 Å². The van der Waals surface area contributed by atoms with Crippen molar-refractivity contribution in [1.82, 2.24) is 0 Å². The van der Waals surface area contributed by atoms with Crippen LogP contribution in [-0.2, 0) is 4.79 Å². The fourth-order valence-electron chi connectivity index (χ4n) is 1.44. The molecule has 3 nitrogen and oxygen atoms in total. The van der Waals surface area contributed by atoms with Gasteiger partial charge in [0.05, 0.1) is 5.57 Å². The minimum Gasteiger partial charge on any atom is -0.512 e. The predicted octanol–water partition coefficient (Wildman–Crippen LogP) is 4.22. The first-order valence-electron chi connectivity index (χ1n) is 6.01. The molecule has 0 aromatic carbocycles. The normalized spacial score (nSPS) is 15.0. The van der Waals surface area contributed by atoms with Gasteiger partial charge in [0.15, 0.2) is 5.78 Å². The highest BCUT2D eigenvalue weighted by molar-refractivity contribution is 9.09. The fourth-order valence-corrected chi connectivity index (χ4v) is 1.75. The zero-order valence-corrected chi connectivity index (χ0v) is 12.7. The number of Topliss-reactive ketones (excluding diaryl/α,β-unsaturated/α-hetero) is 1. The summed E-state index contributed by atoms with van der Waals surface area (Å²) in [7, 11) is 0. The van der Waals surface area contributed by atoms with Crippen LogP contribution < -0.4 is 0 Å². The zero-order chi connectivity index (χ0) is 14.3. The number of hydrogen-bond acceptors (Lipinski definition) is 3. The van der Waals surface area contributed by atoms with Crippen LogP contribution in [-0.4, -0.2) is 21.3 Å². The Morgan fingerprint density at radius 1 is 1.39 bits per heavy atom. The lowest BCUT2D eigenvalue weighted by atomic mass is 9.96. The van der Waals surface area contributed by atoms with Crippen molar-refractivity contribution in [3.05, 3.63) is 35.3 Å². The Kier molecular flexibility index (Phi) is 7.67. The maximum atomic E-state index is 12.1. The van der Waals surface area contributed by atoms with E-state index < -0.39 is 5.78 Å². The first-order valence-corrected chi connectivity index (χ1v) is 7.13. The van der Waals surface area contributed by atoms with Crippen molar-refractivity contribution in [1.29, 1.82) is 0 Å². The van der Waals surface area contributed by atoms with Crippen LogP contribution in [0, 0.1) is 5.92 Å². The molecule has 0 saturated heterocycles. The van der Waals surface area contributed by atoms with Crippen LogP contribution in [0.25, 0.3) is 0 Å². The molecule has 0 spiro atoms. The number of hydrogen-bond donors (Lipinski definition) is 2. The quantitative estimate of drug-likeness (QED) is 0.320. The standard InChI is InChI=1S/C14H21BrO3/c1-5-7-12(16)10(4)14(18)11(6-2)13(17)9(3)8-15/h7,9,16-17H,4-6,8H2,1-3H3/b12-7+,13-11-. The van der Waals surface area contributed by atoms with E-state index in [9.17, 15) is 15.0 Å². The van der Waals surface area contributed by atoms with E-state index in [-0.39, 0.29) is 23.0 Å². The summed E-state index contributed by atoms with van der Waals surface area (Å²) in [6.07, 6.45) is 2.55. The molecule has 4 heteroatoms. The summed E-state index contributed by atoms with van der Waals surface area (Å²) in [5.41, 5.74) is 0.338. The first-order chi connectivity index (χ1) is 8.40. The molecule has 0 bridgehead atoms. The van der Waals surface area contributed by atoms with E-state index in [4.69, 9.17) is 0 Å². The molecule has 0 aliphatic rings. The molecule has 0 aliphatic heterocycles. The third kappa shape index (κ3) is 4.33. The van der Waals surface area contributed by atoms with E-state index in [1.807, 2.05) is 13.8 Å². The highest BCUT2D eigenvalue weighted by atomic mass is 79.9. The minimum absolute atomic E-state index is 0.0297. The van der Waals surface area contributed by atoms with Gasteiger partial charge < -0.3 is 10.2 Å². The molecule has 0 rings (SSSR count). The molecule has 102 valence electrons. The lowest BCUT2D eigenvalue weighted by molar-refractivity contribution is -0.112. The first kappa shape index (κ1) is 17.0. The molecule has 2 N–H and O–H groups in total. The highest BCUT2D eigenvalue weighted by Gasteiger charge is 2.21. The zero-order valence-electron chi connectivity index (χ0n) is 11.2.